The van der Waals surface area contributed by atoms with Gasteiger partial charge >= 0.3 is 0 Å². The summed E-state index contributed by atoms with van der Waals surface area (Å²) in [7, 11) is -3.80. The Labute approximate surface area is 205 Å². The molecule has 0 saturated heterocycles. The first-order chi connectivity index (χ1) is 16.2. The van der Waals surface area contributed by atoms with Crippen molar-refractivity contribution in [3.63, 3.8) is 0 Å². The molecule has 0 aliphatic carbocycles. The van der Waals surface area contributed by atoms with Crippen LogP contribution in [0.25, 0.3) is 21.3 Å². The van der Waals surface area contributed by atoms with Gasteiger partial charge in [0.05, 0.1) is 16.1 Å². The minimum Gasteiger partial charge on any atom is -0.321 e. The molecule has 0 aliphatic heterocycles. The van der Waals surface area contributed by atoms with Crippen LogP contribution in [0.4, 0.5) is 10.1 Å². The fourth-order valence-electron chi connectivity index (χ4n) is 3.48. The molecular formula is C23H20ClFN4O3S2. The monoisotopic (exact) mass is 518 g/mol. The van der Waals surface area contributed by atoms with Crippen molar-refractivity contribution < 1.29 is 17.6 Å². The fraction of sp³-hybridized carbons (Fsp3) is 0.174. The summed E-state index contributed by atoms with van der Waals surface area (Å²) in [6.07, 6.45) is 4.17. The number of carbonyl (C=O) groups excluding carboxylic acids is 1. The molecular weight excluding hydrogens is 499 g/mol. The molecule has 3 aromatic heterocycles. The van der Waals surface area contributed by atoms with Gasteiger partial charge in [-0.25, -0.2) is 17.8 Å². The number of aromatic nitrogens is 2. The molecule has 4 aromatic rings. The smallest absolute Gasteiger partial charge is 0.265 e. The van der Waals surface area contributed by atoms with Crippen LogP contribution in [0, 0.1) is 5.82 Å². The molecule has 0 radical (unpaired) electrons. The molecule has 0 saturated carbocycles. The molecule has 0 aliphatic rings. The Morgan fingerprint density at radius 3 is 2.62 bits per heavy atom. The molecule has 4 rings (SSSR count). The van der Waals surface area contributed by atoms with Crippen molar-refractivity contribution >= 4 is 54.8 Å². The van der Waals surface area contributed by atoms with Crippen LogP contribution in [-0.2, 0) is 10.0 Å². The zero-order valence-electron chi connectivity index (χ0n) is 18.2. The normalized spacial score (nSPS) is 11.8. The van der Waals surface area contributed by atoms with Gasteiger partial charge in [-0.05, 0) is 36.4 Å². The van der Waals surface area contributed by atoms with Gasteiger partial charge in [-0.1, -0.05) is 25.4 Å². The summed E-state index contributed by atoms with van der Waals surface area (Å²) in [4.78, 5) is 21.9. The molecule has 1 N–H and O–H groups in total. The number of nitrogens with one attached hydrogen (secondary N) is 1. The lowest BCUT2D eigenvalue weighted by molar-refractivity contribution is 0.103. The number of rotatable bonds is 7. The number of pyridine rings is 2. The van der Waals surface area contributed by atoms with Crippen LogP contribution < -0.4 is 5.32 Å². The van der Waals surface area contributed by atoms with Crippen LogP contribution in [0.1, 0.15) is 23.5 Å². The van der Waals surface area contributed by atoms with Gasteiger partial charge in [0.25, 0.3) is 5.91 Å². The summed E-state index contributed by atoms with van der Waals surface area (Å²) in [5.41, 5.74) is 1.23. The largest absolute Gasteiger partial charge is 0.321 e. The molecule has 0 atom stereocenters. The van der Waals surface area contributed by atoms with Crippen molar-refractivity contribution in [2.45, 2.75) is 18.7 Å². The van der Waals surface area contributed by atoms with E-state index >= 15 is 0 Å². The van der Waals surface area contributed by atoms with E-state index in [1.807, 2.05) is 0 Å². The number of fused-ring (bicyclic) bond motifs is 1. The molecule has 0 unspecified atom stereocenters. The molecule has 7 nitrogen and oxygen atoms in total. The number of amides is 1. The molecule has 0 spiro atoms. The minimum absolute atomic E-state index is 0.0716. The summed E-state index contributed by atoms with van der Waals surface area (Å²) in [6.45, 7) is 4.08. The predicted molar refractivity (Wildman–Crippen MR) is 132 cm³/mol. The summed E-state index contributed by atoms with van der Waals surface area (Å²) < 4.78 is 41.2. The average Bonchev–Trinajstić information content (AvgIpc) is 3.25. The van der Waals surface area contributed by atoms with E-state index in [1.54, 1.807) is 38.2 Å². The molecule has 1 amide bonds. The van der Waals surface area contributed by atoms with Crippen LogP contribution >= 0.6 is 22.9 Å². The Hall–Kier alpha value is -2.92. The van der Waals surface area contributed by atoms with E-state index in [2.05, 4.69) is 15.3 Å². The van der Waals surface area contributed by atoms with Gasteiger partial charge in [0.1, 0.15) is 15.5 Å². The third-order valence-electron chi connectivity index (χ3n) is 5.19. The summed E-state index contributed by atoms with van der Waals surface area (Å²) in [5.74, 6) is -0.886. The van der Waals surface area contributed by atoms with E-state index in [0.717, 1.165) is 6.20 Å². The number of carbonyl (C=O) groups is 1. The zero-order valence-corrected chi connectivity index (χ0v) is 20.6. The first-order valence-corrected chi connectivity index (χ1v) is 13.0. The molecule has 0 fully saturated rings. The van der Waals surface area contributed by atoms with Gasteiger partial charge in [0, 0.05) is 47.7 Å². The second-order valence-corrected chi connectivity index (χ2v) is 10.6. The molecule has 176 valence electrons. The Morgan fingerprint density at radius 2 is 1.91 bits per heavy atom. The van der Waals surface area contributed by atoms with E-state index in [-0.39, 0.29) is 9.92 Å². The van der Waals surface area contributed by atoms with Gasteiger partial charge in [0.2, 0.25) is 10.0 Å². The maximum absolute atomic E-state index is 14.1. The standard InChI is InChI=1S/C23H20ClFN4O3S2/c1-3-29(4-2)34(31,32)21-11-16(5-6-18(21)24)28-22(30)20-10-14-9-15(12-27-23(14)33-20)17-7-8-26-13-19(17)25/h5-13H,3-4H2,1-2H3,(H,28,30). The van der Waals surface area contributed by atoms with E-state index in [0.29, 0.717) is 45.0 Å². The summed E-state index contributed by atoms with van der Waals surface area (Å²) in [6, 6.07) is 9.30. The highest BCUT2D eigenvalue weighted by Gasteiger charge is 2.25. The Bertz CT molecular complexity index is 1490. The van der Waals surface area contributed by atoms with Crippen LogP contribution in [0.2, 0.25) is 5.02 Å². The Kier molecular flexibility index (Phi) is 6.94. The minimum atomic E-state index is -3.80. The number of nitrogens with zero attached hydrogens (tertiary/aromatic N) is 3. The van der Waals surface area contributed by atoms with Crippen molar-refractivity contribution in [1.82, 2.24) is 14.3 Å². The lowest BCUT2D eigenvalue weighted by Crippen LogP contribution is -2.30. The summed E-state index contributed by atoms with van der Waals surface area (Å²) >= 11 is 7.34. The SMILES string of the molecule is CCN(CC)S(=O)(=O)c1cc(NC(=O)c2cc3cc(-c4ccncc4F)cnc3s2)ccc1Cl. The Balaban J connectivity index is 1.62. The lowest BCUT2D eigenvalue weighted by atomic mass is 10.1. The van der Waals surface area contributed by atoms with Crippen molar-refractivity contribution in [3.8, 4) is 11.1 Å². The van der Waals surface area contributed by atoms with Gasteiger partial charge in [-0.2, -0.15) is 4.31 Å². The van der Waals surface area contributed by atoms with Gasteiger partial charge in [-0.3, -0.25) is 9.78 Å². The highest BCUT2D eigenvalue weighted by atomic mass is 35.5. The van der Waals surface area contributed by atoms with E-state index in [1.165, 1.54) is 40.0 Å². The number of benzene rings is 1. The molecule has 3 heterocycles. The number of halogens is 2. The Morgan fingerprint density at radius 1 is 1.15 bits per heavy atom. The number of hydrogen-bond donors (Lipinski definition) is 1. The fourth-order valence-corrected chi connectivity index (χ4v) is 6.31. The highest BCUT2D eigenvalue weighted by molar-refractivity contribution is 7.89. The molecule has 11 heteroatoms. The number of anilines is 1. The second kappa shape index (κ2) is 9.75. The average molecular weight is 519 g/mol. The van der Waals surface area contributed by atoms with Crippen LogP contribution in [0.3, 0.4) is 0 Å². The molecule has 34 heavy (non-hydrogen) atoms. The van der Waals surface area contributed by atoms with Gasteiger partial charge < -0.3 is 5.32 Å². The van der Waals surface area contributed by atoms with Crippen molar-refractivity contribution in [2.24, 2.45) is 0 Å². The van der Waals surface area contributed by atoms with Crippen molar-refractivity contribution in [2.75, 3.05) is 18.4 Å². The first kappa shape index (κ1) is 24.2. The number of sulfonamides is 1. The maximum Gasteiger partial charge on any atom is 0.265 e. The van der Waals surface area contributed by atoms with E-state index in [9.17, 15) is 17.6 Å². The van der Waals surface area contributed by atoms with E-state index in [4.69, 9.17) is 11.6 Å². The zero-order chi connectivity index (χ0) is 24.5. The third-order valence-corrected chi connectivity index (χ3v) is 8.78. The predicted octanol–water partition coefficient (Wildman–Crippen LogP) is 5.43. The van der Waals surface area contributed by atoms with Crippen LogP contribution in [0.15, 0.2) is 59.9 Å². The summed E-state index contributed by atoms with van der Waals surface area (Å²) in [5, 5.41) is 3.48. The lowest BCUT2D eigenvalue weighted by Gasteiger charge is -2.19. The van der Waals surface area contributed by atoms with Crippen LogP contribution in [0.5, 0.6) is 0 Å². The highest BCUT2D eigenvalue weighted by Crippen LogP contribution is 2.31. The van der Waals surface area contributed by atoms with Gasteiger partial charge in [-0.15, -0.1) is 11.3 Å². The number of hydrogen-bond acceptors (Lipinski definition) is 6. The maximum atomic E-state index is 14.1. The number of thiophene rings is 1. The van der Waals surface area contributed by atoms with E-state index < -0.39 is 21.7 Å². The van der Waals surface area contributed by atoms with Gasteiger partial charge in [0.15, 0.2) is 0 Å². The quantitative estimate of drug-likeness (QED) is 0.352. The molecule has 1 aromatic carbocycles. The molecule has 0 bridgehead atoms. The van der Waals surface area contributed by atoms with Crippen molar-refractivity contribution in [1.29, 1.82) is 0 Å². The third kappa shape index (κ3) is 4.67. The first-order valence-electron chi connectivity index (χ1n) is 10.3. The second-order valence-electron chi connectivity index (χ2n) is 7.27. The topological polar surface area (TPSA) is 92.3 Å². The van der Waals surface area contributed by atoms with Crippen LogP contribution in [-0.4, -0.2) is 41.7 Å². The van der Waals surface area contributed by atoms with Crippen molar-refractivity contribution in [3.05, 3.63) is 70.7 Å².